The highest BCUT2D eigenvalue weighted by Gasteiger charge is 2.30. The third kappa shape index (κ3) is 5.53. The highest BCUT2D eigenvalue weighted by atomic mass is 16.6. The van der Waals surface area contributed by atoms with Crippen molar-refractivity contribution in [2.45, 2.75) is 52.6 Å². The Morgan fingerprint density at radius 2 is 1.78 bits per heavy atom. The van der Waals surface area contributed by atoms with Crippen LogP contribution in [-0.2, 0) is 9.53 Å². The summed E-state index contributed by atoms with van der Waals surface area (Å²) >= 11 is 0. The lowest BCUT2D eigenvalue weighted by Crippen LogP contribution is -2.33. The molecular formula is C24H30O3. The lowest BCUT2D eigenvalue weighted by atomic mass is 9.93. The first kappa shape index (κ1) is 20.9. The fourth-order valence-corrected chi connectivity index (χ4v) is 3.16. The van der Waals surface area contributed by atoms with Gasteiger partial charge in [-0.15, -0.1) is 6.58 Å². The number of Topliss-reactive ketones (excluding diaryl/α,β-unsaturated/α-hetero) is 1. The number of hydrogen-bond donors (Lipinski definition) is 0. The average Bonchev–Trinajstić information content (AvgIpc) is 2.65. The van der Waals surface area contributed by atoms with Crippen molar-refractivity contribution in [2.24, 2.45) is 11.8 Å². The summed E-state index contributed by atoms with van der Waals surface area (Å²) in [6, 6.07) is 13.3. The number of esters is 1. The lowest BCUT2D eigenvalue weighted by Gasteiger charge is -2.27. The molecule has 0 aliphatic carbocycles. The van der Waals surface area contributed by atoms with Gasteiger partial charge in [-0.3, -0.25) is 9.59 Å². The van der Waals surface area contributed by atoms with Gasteiger partial charge >= 0.3 is 5.97 Å². The molecule has 0 aromatic heterocycles. The zero-order valence-electron chi connectivity index (χ0n) is 16.8. The van der Waals surface area contributed by atoms with Crippen molar-refractivity contribution >= 4 is 22.5 Å². The van der Waals surface area contributed by atoms with Gasteiger partial charge in [-0.2, -0.15) is 0 Å². The molecular weight excluding hydrogens is 336 g/mol. The third-order valence-corrected chi connectivity index (χ3v) is 5.02. The number of allylic oxidation sites excluding steroid dienone is 1. The van der Waals surface area contributed by atoms with Crippen molar-refractivity contribution in [1.29, 1.82) is 0 Å². The first-order chi connectivity index (χ1) is 12.7. The number of rotatable bonds is 9. The van der Waals surface area contributed by atoms with E-state index >= 15 is 0 Å². The van der Waals surface area contributed by atoms with Crippen LogP contribution in [0.15, 0.2) is 55.1 Å². The molecule has 0 saturated carbocycles. The Morgan fingerprint density at radius 1 is 1.11 bits per heavy atom. The van der Waals surface area contributed by atoms with Gasteiger partial charge in [-0.05, 0) is 56.7 Å². The second-order valence-electron chi connectivity index (χ2n) is 7.90. The number of carbonyl (C=O) groups is 2. The van der Waals surface area contributed by atoms with E-state index in [1.54, 1.807) is 13.0 Å². The van der Waals surface area contributed by atoms with E-state index in [9.17, 15) is 9.59 Å². The molecule has 3 heteroatoms. The van der Waals surface area contributed by atoms with Gasteiger partial charge in [0.25, 0.3) is 0 Å². The monoisotopic (exact) mass is 366 g/mol. The zero-order valence-corrected chi connectivity index (χ0v) is 16.8. The average molecular weight is 367 g/mol. The van der Waals surface area contributed by atoms with Crippen LogP contribution in [0.25, 0.3) is 10.8 Å². The molecule has 0 fully saturated rings. The van der Waals surface area contributed by atoms with E-state index in [1.807, 2.05) is 56.3 Å². The maximum atomic E-state index is 12.9. The van der Waals surface area contributed by atoms with E-state index in [2.05, 4.69) is 13.5 Å². The molecule has 2 aromatic carbocycles. The van der Waals surface area contributed by atoms with E-state index < -0.39 is 17.5 Å². The molecule has 0 bridgehead atoms. The smallest absolute Gasteiger partial charge is 0.317 e. The molecule has 0 spiro atoms. The Balaban J connectivity index is 2.05. The molecule has 2 atom stereocenters. The van der Waals surface area contributed by atoms with E-state index in [0.717, 1.165) is 30.0 Å². The van der Waals surface area contributed by atoms with Crippen LogP contribution in [0, 0.1) is 11.8 Å². The Morgan fingerprint density at radius 3 is 2.48 bits per heavy atom. The summed E-state index contributed by atoms with van der Waals surface area (Å²) in [7, 11) is 0. The van der Waals surface area contributed by atoms with Crippen molar-refractivity contribution in [3.63, 3.8) is 0 Å². The van der Waals surface area contributed by atoms with Crippen LogP contribution in [0.3, 0.4) is 0 Å². The molecule has 2 aromatic rings. The Bertz CT molecular complexity index is 814. The van der Waals surface area contributed by atoms with Crippen molar-refractivity contribution in [1.82, 2.24) is 0 Å². The molecule has 3 nitrogen and oxygen atoms in total. The molecule has 0 heterocycles. The van der Waals surface area contributed by atoms with E-state index in [0.29, 0.717) is 11.5 Å². The second kappa shape index (κ2) is 8.98. The van der Waals surface area contributed by atoms with E-state index in [1.165, 1.54) is 0 Å². The fourth-order valence-electron chi connectivity index (χ4n) is 3.16. The van der Waals surface area contributed by atoms with Crippen LogP contribution >= 0.6 is 0 Å². The summed E-state index contributed by atoms with van der Waals surface area (Å²) in [4.78, 5) is 25.5. The van der Waals surface area contributed by atoms with Gasteiger partial charge in [-0.1, -0.05) is 55.5 Å². The molecule has 0 radical (unpaired) electrons. The Kier molecular flexibility index (Phi) is 6.95. The quantitative estimate of drug-likeness (QED) is 0.237. The predicted octanol–water partition coefficient (Wildman–Crippen LogP) is 5.97. The molecule has 27 heavy (non-hydrogen) atoms. The van der Waals surface area contributed by atoms with E-state index in [4.69, 9.17) is 4.74 Å². The lowest BCUT2D eigenvalue weighted by molar-refractivity contribution is -0.159. The number of ether oxygens (including phenoxy) is 1. The first-order valence-electron chi connectivity index (χ1n) is 9.62. The third-order valence-electron chi connectivity index (χ3n) is 5.02. The summed E-state index contributed by atoms with van der Waals surface area (Å²) in [6.45, 7) is 11.3. The Labute approximate surface area is 162 Å². The molecule has 0 aliphatic rings. The molecule has 0 N–H and O–H groups in total. The van der Waals surface area contributed by atoms with Crippen LogP contribution in [0.4, 0.5) is 0 Å². The topological polar surface area (TPSA) is 43.4 Å². The van der Waals surface area contributed by atoms with Crippen molar-refractivity contribution < 1.29 is 14.3 Å². The molecule has 0 aliphatic heterocycles. The highest BCUT2D eigenvalue weighted by molar-refractivity contribution is 6.15. The molecule has 2 rings (SSSR count). The minimum absolute atomic E-state index is 0.201. The van der Waals surface area contributed by atoms with Gasteiger partial charge in [0.1, 0.15) is 11.5 Å². The fraction of sp³-hybridized carbons (Fsp3) is 0.417. The van der Waals surface area contributed by atoms with Crippen LogP contribution in [-0.4, -0.2) is 17.4 Å². The van der Waals surface area contributed by atoms with Crippen LogP contribution in [0.5, 0.6) is 0 Å². The van der Waals surface area contributed by atoms with Gasteiger partial charge in [0.15, 0.2) is 5.78 Å². The zero-order chi connectivity index (χ0) is 20.0. The molecule has 0 saturated heterocycles. The second-order valence-corrected chi connectivity index (χ2v) is 7.90. The maximum Gasteiger partial charge on any atom is 0.317 e. The van der Waals surface area contributed by atoms with Gasteiger partial charge in [-0.25, -0.2) is 0 Å². The van der Waals surface area contributed by atoms with Gasteiger partial charge in [0, 0.05) is 5.56 Å². The first-order valence-corrected chi connectivity index (χ1v) is 9.62. The minimum atomic E-state index is -0.831. The molecule has 2 unspecified atom stereocenters. The summed E-state index contributed by atoms with van der Waals surface area (Å²) in [6.07, 6.45) is 4.64. The predicted molar refractivity (Wildman–Crippen MR) is 111 cm³/mol. The van der Waals surface area contributed by atoms with Gasteiger partial charge < -0.3 is 4.74 Å². The number of hydrogen-bond acceptors (Lipinski definition) is 3. The number of ketones is 1. The molecule has 0 amide bonds. The number of benzene rings is 2. The van der Waals surface area contributed by atoms with Crippen LogP contribution < -0.4 is 0 Å². The van der Waals surface area contributed by atoms with Crippen molar-refractivity contribution in [2.75, 3.05) is 0 Å². The van der Waals surface area contributed by atoms with E-state index in [-0.39, 0.29) is 5.78 Å². The maximum absolute atomic E-state index is 12.9. The largest absolute Gasteiger partial charge is 0.459 e. The van der Waals surface area contributed by atoms with Gasteiger partial charge in [0.2, 0.25) is 0 Å². The standard InChI is InChI=1S/C24H30O3/c1-6-17(2)11-10-16-24(4,5)27-23(26)18(3)22(25)21-15-9-13-19-12-7-8-14-20(19)21/h6-9,12-15,17-18H,1,10-11,16H2,2-5H3. The normalized spacial score (nSPS) is 13.8. The molecule has 144 valence electrons. The summed E-state index contributed by atoms with van der Waals surface area (Å²) in [5.41, 5.74) is -0.0270. The van der Waals surface area contributed by atoms with Gasteiger partial charge in [0.05, 0.1) is 0 Å². The summed E-state index contributed by atoms with van der Waals surface area (Å²) in [5, 5.41) is 1.85. The van der Waals surface area contributed by atoms with Crippen molar-refractivity contribution in [3.8, 4) is 0 Å². The SMILES string of the molecule is C=CC(C)CCCC(C)(C)OC(=O)C(C)C(=O)c1cccc2ccccc12. The number of fused-ring (bicyclic) bond motifs is 1. The summed E-state index contributed by atoms with van der Waals surface area (Å²) in [5.74, 6) is -1.05. The summed E-state index contributed by atoms with van der Waals surface area (Å²) < 4.78 is 5.68. The van der Waals surface area contributed by atoms with Crippen LogP contribution in [0.1, 0.15) is 57.3 Å². The Hall–Kier alpha value is -2.42. The minimum Gasteiger partial charge on any atom is -0.459 e. The van der Waals surface area contributed by atoms with Crippen LogP contribution in [0.2, 0.25) is 0 Å². The highest BCUT2D eigenvalue weighted by Crippen LogP contribution is 2.25. The van der Waals surface area contributed by atoms with Crippen molar-refractivity contribution in [3.05, 3.63) is 60.7 Å². The number of carbonyl (C=O) groups excluding carboxylic acids is 2.